The maximum Gasteiger partial charge on any atom is 0.416 e. The van der Waals surface area contributed by atoms with Crippen LogP contribution < -0.4 is 5.73 Å². The molecular formula is C10H9BrClF6N. The molecular weight excluding hydrogens is 363 g/mol. The smallest absolute Gasteiger partial charge is 0.324 e. The lowest BCUT2D eigenvalue weighted by Gasteiger charge is -2.17. The number of benzene rings is 1. The van der Waals surface area contributed by atoms with Crippen molar-refractivity contribution in [1.82, 2.24) is 0 Å². The van der Waals surface area contributed by atoms with Crippen LogP contribution in [0.2, 0.25) is 0 Å². The van der Waals surface area contributed by atoms with Gasteiger partial charge < -0.3 is 5.73 Å². The molecule has 0 heterocycles. The van der Waals surface area contributed by atoms with Crippen LogP contribution in [0.15, 0.2) is 22.7 Å². The van der Waals surface area contributed by atoms with E-state index in [4.69, 9.17) is 5.73 Å². The Hall–Kier alpha value is -0.470. The summed E-state index contributed by atoms with van der Waals surface area (Å²) in [4.78, 5) is 0. The lowest BCUT2D eigenvalue weighted by atomic mass is 10.0. The van der Waals surface area contributed by atoms with E-state index in [1.807, 2.05) is 0 Å². The summed E-state index contributed by atoms with van der Waals surface area (Å²) in [6.07, 6.45) is -10.5. The van der Waals surface area contributed by atoms with Crippen molar-refractivity contribution in [2.45, 2.75) is 24.8 Å². The molecule has 0 radical (unpaired) electrons. The van der Waals surface area contributed by atoms with E-state index in [-0.39, 0.29) is 22.4 Å². The van der Waals surface area contributed by atoms with Crippen LogP contribution in [0.3, 0.4) is 0 Å². The first kappa shape index (κ1) is 18.5. The molecule has 0 amide bonds. The van der Waals surface area contributed by atoms with Gasteiger partial charge in [0.05, 0.1) is 12.0 Å². The molecule has 0 aliphatic heterocycles. The van der Waals surface area contributed by atoms with Crippen molar-refractivity contribution >= 4 is 28.3 Å². The summed E-state index contributed by atoms with van der Waals surface area (Å²) in [5.74, 6) is 0. The zero-order chi connectivity index (χ0) is 14.1. The Morgan fingerprint density at radius 1 is 1.11 bits per heavy atom. The summed E-state index contributed by atoms with van der Waals surface area (Å²) in [6.45, 7) is 0. The van der Waals surface area contributed by atoms with Gasteiger partial charge in [0.1, 0.15) is 0 Å². The lowest BCUT2D eigenvalue weighted by Crippen LogP contribution is -2.21. The summed E-state index contributed by atoms with van der Waals surface area (Å²) in [7, 11) is 0. The van der Waals surface area contributed by atoms with Crippen molar-refractivity contribution in [2.24, 2.45) is 5.73 Å². The highest BCUT2D eigenvalue weighted by Crippen LogP contribution is 2.36. The van der Waals surface area contributed by atoms with Crippen LogP contribution in [0.4, 0.5) is 26.3 Å². The van der Waals surface area contributed by atoms with Crippen LogP contribution >= 0.6 is 28.3 Å². The first-order chi connectivity index (χ1) is 8.00. The first-order valence-electron chi connectivity index (χ1n) is 4.69. The Morgan fingerprint density at radius 2 is 1.63 bits per heavy atom. The number of nitrogens with two attached hydrogens (primary N) is 1. The zero-order valence-corrected chi connectivity index (χ0v) is 11.6. The standard InChI is InChI=1S/C10H8BrF6N.ClH/c11-7-2-1-5(10(15,16)17)3-6(7)8(18)4-9(12,13)14;/h1-3,8H,4,18H2;1H/t8-;/m1./s1. The molecule has 0 aromatic heterocycles. The lowest BCUT2D eigenvalue weighted by molar-refractivity contribution is -0.138. The minimum absolute atomic E-state index is 0. The molecule has 0 saturated heterocycles. The molecule has 1 atom stereocenters. The van der Waals surface area contributed by atoms with Crippen molar-refractivity contribution in [3.8, 4) is 0 Å². The fourth-order valence-electron chi connectivity index (χ4n) is 1.36. The van der Waals surface area contributed by atoms with Gasteiger partial charge in [-0.3, -0.25) is 0 Å². The highest BCUT2D eigenvalue weighted by molar-refractivity contribution is 9.10. The molecule has 0 aliphatic rings. The first-order valence-corrected chi connectivity index (χ1v) is 5.49. The maximum absolute atomic E-state index is 12.4. The summed E-state index contributed by atoms with van der Waals surface area (Å²) in [6, 6.07) is 0.893. The van der Waals surface area contributed by atoms with Gasteiger partial charge in [-0.1, -0.05) is 15.9 Å². The number of alkyl halides is 6. The fraction of sp³-hybridized carbons (Fsp3) is 0.400. The third kappa shape index (κ3) is 5.58. The van der Waals surface area contributed by atoms with E-state index in [9.17, 15) is 26.3 Å². The van der Waals surface area contributed by atoms with E-state index in [0.29, 0.717) is 6.07 Å². The van der Waals surface area contributed by atoms with Crippen molar-refractivity contribution in [1.29, 1.82) is 0 Å². The third-order valence-electron chi connectivity index (χ3n) is 2.17. The second-order valence-electron chi connectivity index (χ2n) is 3.66. The average molecular weight is 373 g/mol. The molecule has 0 spiro atoms. The molecule has 1 aromatic carbocycles. The van der Waals surface area contributed by atoms with Gasteiger partial charge in [-0.25, -0.2) is 0 Å². The van der Waals surface area contributed by atoms with E-state index in [1.165, 1.54) is 0 Å². The van der Waals surface area contributed by atoms with E-state index in [2.05, 4.69) is 15.9 Å². The molecule has 0 fully saturated rings. The van der Waals surface area contributed by atoms with Crippen LogP contribution in [0.25, 0.3) is 0 Å². The van der Waals surface area contributed by atoms with E-state index in [1.54, 1.807) is 0 Å². The predicted molar refractivity (Wildman–Crippen MR) is 64.0 cm³/mol. The fourth-order valence-corrected chi connectivity index (χ4v) is 1.90. The number of hydrogen-bond acceptors (Lipinski definition) is 1. The Morgan fingerprint density at radius 3 is 2.05 bits per heavy atom. The van der Waals surface area contributed by atoms with Gasteiger partial charge in [0.25, 0.3) is 0 Å². The van der Waals surface area contributed by atoms with E-state index >= 15 is 0 Å². The number of hydrogen-bond donors (Lipinski definition) is 1. The highest BCUT2D eigenvalue weighted by Gasteiger charge is 2.34. The molecule has 110 valence electrons. The van der Waals surface area contributed by atoms with Crippen molar-refractivity contribution in [2.75, 3.05) is 0 Å². The topological polar surface area (TPSA) is 26.0 Å². The van der Waals surface area contributed by atoms with Gasteiger partial charge >= 0.3 is 12.4 Å². The second kappa shape index (κ2) is 6.32. The maximum atomic E-state index is 12.4. The van der Waals surface area contributed by atoms with Gasteiger partial charge in [-0.15, -0.1) is 12.4 Å². The van der Waals surface area contributed by atoms with Gasteiger partial charge in [-0.05, 0) is 23.8 Å². The van der Waals surface area contributed by atoms with Gasteiger partial charge in [0.15, 0.2) is 0 Å². The van der Waals surface area contributed by atoms with Crippen molar-refractivity contribution in [3.05, 3.63) is 33.8 Å². The van der Waals surface area contributed by atoms with Crippen LogP contribution in [-0.4, -0.2) is 6.18 Å². The molecule has 0 saturated carbocycles. The normalized spacial score (nSPS) is 13.9. The average Bonchev–Trinajstić information content (AvgIpc) is 2.13. The minimum atomic E-state index is -4.62. The SMILES string of the molecule is Cl.N[C@H](CC(F)(F)F)c1cc(C(F)(F)F)ccc1Br. The van der Waals surface area contributed by atoms with Gasteiger partial charge in [-0.2, -0.15) is 26.3 Å². The molecule has 1 aromatic rings. The second-order valence-corrected chi connectivity index (χ2v) is 4.51. The van der Waals surface area contributed by atoms with Crippen LogP contribution in [0.5, 0.6) is 0 Å². The molecule has 1 rings (SSSR count). The Labute approximate surface area is 119 Å². The van der Waals surface area contributed by atoms with Gasteiger partial charge in [0.2, 0.25) is 0 Å². The Balaban J connectivity index is 0.00000324. The van der Waals surface area contributed by atoms with Crippen LogP contribution in [-0.2, 0) is 6.18 Å². The summed E-state index contributed by atoms with van der Waals surface area (Å²) >= 11 is 2.89. The largest absolute Gasteiger partial charge is 0.416 e. The molecule has 0 unspecified atom stereocenters. The summed E-state index contributed by atoms with van der Waals surface area (Å²) < 4.78 is 73.8. The molecule has 2 N–H and O–H groups in total. The van der Waals surface area contributed by atoms with Crippen LogP contribution in [0.1, 0.15) is 23.6 Å². The van der Waals surface area contributed by atoms with Crippen molar-refractivity contribution < 1.29 is 26.3 Å². The van der Waals surface area contributed by atoms with Crippen LogP contribution in [0, 0.1) is 0 Å². The monoisotopic (exact) mass is 371 g/mol. The highest BCUT2D eigenvalue weighted by atomic mass is 79.9. The third-order valence-corrected chi connectivity index (χ3v) is 2.90. The molecule has 0 aliphatic carbocycles. The number of rotatable bonds is 2. The predicted octanol–water partition coefficient (Wildman–Crippen LogP) is 4.84. The quantitative estimate of drug-likeness (QED) is 0.739. The van der Waals surface area contributed by atoms with Crippen molar-refractivity contribution in [3.63, 3.8) is 0 Å². The van der Waals surface area contributed by atoms with E-state index in [0.717, 1.165) is 12.1 Å². The van der Waals surface area contributed by atoms with E-state index < -0.39 is 30.4 Å². The molecule has 1 nitrogen and oxygen atoms in total. The minimum Gasteiger partial charge on any atom is -0.324 e. The summed E-state index contributed by atoms with van der Waals surface area (Å²) in [5, 5.41) is 0. The Bertz CT molecular complexity index is 431. The zero-order valence-electron chi connectivity index (χ0n) is 9.15. The van der Waals surface area contributed by atoms with Gasteiger partial charge in [0, 0.05) is 10.5 Å². The number of halogens is 8. The molecule has 19 heavy (non-hydrogen) atoms. The molecule has 0 bridgehead atoms. The molecule has 9 heteroatoms. The summed E-state index contributed by atoms with van der Waals surface area (Å²) in [5.41, 5.74) is 4.03. The Kier molecular flexibility index (Phi) is 6.16.